The van der Waals surface area contributed by atoms with Crippen LogP contribution in [0.1, 0.15) is 63.1 Å². The van der Waals surface area contributed by atoms with E-state index in [0.717, 1.165) is 42.6 Å². The molecule has 2 aromatic rings. The minimum Gasteiger partial charge on any atom is -0.490 e. The molecule has 2 saturated carbocycles. The van der Waals surface area contributed by atoms with Gasteiger partial charge in [-0.1, -0.05) is 11.6 Å². The van der Waals surface area contributed by atoms with Gasteiger partial charge in [-0.2, -0.15) is 0 Å². The van der Waals surface area contributed by atoms with E-state index in [-0.39, 0.29) is 24.7 Å². The monoisotopic (exact) mass is 470 g/mol. The molecule has 34 heavy (non-hydrogen) atoms. The molecule has 1 heterocycles. The van der Waals surface area contributed by atoms with Crippen molar-refractivity contribution in [3.63, 3.8) is 0 Å². The second kappa shape index (κ2) is 10.4. The first-order valence-electron chi connectivity index (χ1n) is 12.1. The summed E-state index contributed by atoms with van der Waals surface area (Å²) in [6, 6.07) is 5.88. The maximum atomic E-state index is 12.3. The van der Waals surface area contributed by atoms with Crippen LogP contribution >= 0.6 is 0 Å². The summed E-state index contributed by atoms with van der Waals surface area (Å²) in [7, 11) is 1.77. The van der Waals surface area contributed by atoms with Crippen LogP contribution in [0.5, 0.6) is 5.75 Å². The van der Waals surface area contributed by atoms with E-state index in [4.69, 9.17) is 9.47 Å². The Morgan fingerprint density at radius 3 is 2.68 bits per heavy atom. The van der Waals surface area contributed by atoms with Crippen molar-refractivity contribution in [2.45, 2.75) is 77.5 Å². The molecular formula is C25H34N4O5. The minimum atomic E-state index is -0.746. The number of aryl methyl sites for hydroxylation is 2. The first-order valence-corrected chi connectivity index (χ1v) is 12.1. The average Bonchev–Trinajstić information content (AvgIpc) is 3.13. The van der Waals surface area contributed by atoms with E-state index < -0.39 is 12.1 Å². The molecule has 1 amide bonds. The highest BCUT2D eigenvalue weighted by Crippen LogP contribution is 2.32. The molecule has 9 heteroatoms. The number of nitrogens with zero attached hydrogens (tertiary/aromatic N) is 3. The molecule has 2 aliphatic carbocycles. The van der Waals surface area contributed by atoms with E-state index in [0.29, 0.717) is 30.1 Å². The first-order chi connectivity index (χ1) is 16.3. The van der Waals surface area contributed by atoms with E-state index in [1.54, 1.807) is 11.7 Å². The molecule has 0 radical (unpaired) electrons. The number of rotatable bonds is 8. The lowest BCUT2D eigenvalue weighted by atomic mass is 9.80. The molecule has 2 N–H and O–H groups in total. The molecule has 1 aromatic heterocycles. The Morgan fingerprint density at radius 1 is 1.24 bits per heavy atom. The molecule has 4 rings (SSSR count). The number of hydrogen-bond donors (Lipinski definition) is 2. The third kappa shape index (κ3) is 5.51. The number of benzene rings is 1. The largest absolute Gasteiger partial charge is 0.490 e. The molecule has 2 fully saturated rings. The Kier molecular flexibility index (Phi) is 7.38. The van der Waals surface area contributed by atoms with Gasteiger partial charge in [0.15, 0.2) is 0 Å². The van der Waals surface area contributed by atoms with Crippen molar-refractivity contribution in [2.24, 2.45) is 18.9 Å². The summed E-state index contributed by atoms with van der Waals surface area (Å²) >= 11 is 0. The van der Waals surface area contributed by atoms with Gasteiger partial charge >= 0.3 is 12.1 Å². The van der Waals surface area contributed by atoms with Gasteiger partial charge in [-0.3, -0.25) is 4.79 Å². The zero-order valence-corrected chi connectivity index (χ0v) is 20.1. The molecule has 0 aliphatic heterocycles. The fourth-order valence-corrected chi connectivity index (χ4v) is 4.77. The summed E-state index contributed by atoms with van der Waals surface area (Å²) in [5.41, 5.74) is 3.14. The summed E-state index contributed by atoms with van der Waals surface area (Å²) < 4.78 is 13.3. The highest BCUT2D eigenvalue weighted by Gasteiger charge is 2.29. The fourth-order valence-electron chi connectivity index (χ4n) is 4.77. The van der Waals surface area contributed by atoms with Gasteiger partial charge in [-0.15, -0.1) is 5.10 Å². The summed E-state index contributed by atoms with van der Waals surface area (Å²) in [6.45, 7) is 4.04. The van der Waals surface area contributed by atoms with Crippen molar-refractivity contribution in [1.29, 1.82) is 0 Å². The van der Waals surface area contributed by atoms with Crippen LogP contribution in [0.4, 0.5) is 4.79 Å². The molecule has 2 aliphatic rings. The van der Waals surface area contributed by atoms with E-state index >= 15 is 0 Å². The van der Waals surface area contributed by atoms with Crippen molar-refractivity contribution >= 4 is 12.1 Å². The number of carbonyl (C=O) groups is 2. The average molecular weight is 471 g/mol. The number of aromatic nitrogens is 3. The van der Waals surface area contributed by atoms with Gasteiger partial charge < -0.3 is 19.9 Å². The lowest BCUT2D eigenvalue weighted by Crippen LogP contribution is -2.40. The van der Waals surface area contributed by atoms with E-state index in [1.807, 2.05) is 32.0 Å². The van der Waals surface area contributed by atoms with Gasteiger partial charge in [-0.05, 0) is 82.1 Å². The number of amides is 1. The third-order valence-electron chi connectivity index (χ3n) is 7.20. The van der Waals surface area contributed by atoms with Crippen LogP contribution in [0, 0.1) is 18.8 Å². The van der Waals surface area contributed by atoms with Gasteiger partial charge in [0.05, 0.1) is 12.0 Å². The van der Waals surface area contributed by atoms with Crippen LogP contribution in [-0.2, 0) is 23.2 Å². The second-order valence-corrected chi connectivity index (χ2v) is 9.63. The summed E-state index contributed by atoms with van der Waals surface area (Å²) in [4.78, 5) is 23.6. The second-order valence-electron chi connectivity index (χ2n) is 9.63. The Labute approximate surface area is 199 Å². The van der Waals surface area contributed by atoms with Gasteiger partial charge in [0, 0.05) is 18.7 Å². The molecule has 3 atom stereocenters. The van der Waals surface area contributed by atoms with Gasteiger partial charge in [0.2, 0.25) is 0 Å². The minimum absolute atomic E-state index is 0.0675. The first kappa shape index (κ1) is 24.0. The third-order valence-corrected chi connectivity index (χ3v) is 7.20. The van der Waals surface area contributed by atoms with E-state index in [1.165, 1.54) is 6.42 Å². The molecule has 1 unspecified atom stereocenters. The van der Waals surface area contributed by atoms with Crippen LogP contribution in [0.25, 0.3) is 11.3 Å². The normalized spacial score (nSPS) is 21.4. The fraction of sp³-hybridized carbons (Fsp3) is 0.600. The molecule has 0 bridgehead atoms. The maximum absolute atomic E-state index is 12.3. The van der Waals surface area contributed by atoms with Crippen molar-refractivity contribution in [3.05, 3.63) is 29.5 Å². The number of ether oxygens (including phenoxy) is 2. The van der Waals surface area contributed by atoms with E-state index in [2.05, 4.69) is 15.6 Å². The van der Waals surface area contributed by atoms with Crippen LogP contribution in [-0.4, -0.2) is 44.3 Å². The number of carbonyl (C=O) groups excluding carboxylic acids is 1. The molecule has 9 nitrogen and oxygen atoms in total. The highest BCUT2D eigenvalue weighted by molar-refractivity contribution is 5.70. The van der Waals surface area contributed by atoms with Crippen LogP contribution in [0.2, 0.25) is 0 Å². The summed E-state index contributed by atoms with van der Waals surface area (Å²) in [5, 5.41) is 20.7. The van der Waals surface area contributed by atoms with Crippen molar-refractivity contribution in [2.75, 3.05) is 0 Å². The van der Waals surface area contributed by atoms with Crippen LogP contribution < -0.4 is 10.1 Å². The van der Waals surface area contributed by atoms with Crippen LogP contribution in [0.3, 0.4) is 0 Å². The smallest absolute Gasteiger partial charge is 0.407 e. The summed E-state index contributed by atoms with van der Waals surface area (Å²) in [6.07, 6.45) is 5.95. The number of hydrogen-bond acceptors (Lipinski definition) is 6. The molecular weight excluding hydrogens is 436 g/mol. The highest BCUT2D eigenvalue weighted by atomic mass is 16.5. The van der Waals surface area contributed by atoms with Gasteiger partial charge in [-0.25, -0.2) is 9.48 Å². The maximum Gasteiger partial charge on any atom is 0.407 e. The Hall–Kier alpha value is -3.10. The van der Waals surface area contributed by atoms with Crippen molar-refractivity contribution in [3.8, 4) is 17.0 Å². The zero-order chi connectivity index (χ0) is 24.2. The quantitative estimate of drug-likeness (QED) is 0.593. The lowest BCUT2D eigenvalue weighted by Gasteiger charge is -2.31. The molecule has 1 aromatic carbocycles. The van der Waals surface area contributed by atoms with Gasteiger partial charge in [0.25, 0.3) is 0 Å². The predicted molar refractivity (Wildman–Crippen MR) is 125 cm³/mol. The number of carboxylic acid groups (broad SMARTS) is 1. The number of carboxylic acids is 1. The van der Waals surface area contributed by atoms with Crippen LogP contribution in [0.15, 0.2) is 18.2 Å². The Bertz CT molecular complexity index is 1030. The zero-order valence-electron chi connectivity index (χ0n) is 20.1. The number of alkyl carbamates (subject to hydrolysis) is 1. The number of aliphatic carboxylic acids is 1. The summed E-state index contributed by atoms with van der Waals surface area (Å²) in [5.74, 6) is 0.193. The van der Waals surface area contributed by atoms with Crippen molar-refractivity contribution in [1.82, 2.24) is 20.3 Å². The molecule has 184 valence electrons. The lowest BCUT2D eigenvalue weighted by molar-refractivity contribution is -0.143. The number of nitrogens with one attached hydrogen (secondary N) is 1. The Morgan fingerprint density at radius 2 is 2.00 bits per heavy atom. The molecule has 0 spiro atoms. The predicted octanol–water partition coefficient (Wildman–Crippen LogP) is 4.23. The standard InChI is InChI=1S/C25H34N4O5/c1-15-12-18(10-11-22(15)34-20-9-5-8-19(13-20)24(30)31)23-21(29(3)28-27-23)14-33-25(32)26-16(2)17-6-4-7-17/h10-12,16-17,19-20H,4-9,13-14H2,1-3H3,(H,26,32)(H,30,31)/t16?,19-,20-/m0/s1. The Balaban J connectivity index is 1.40. The topological polar surface area (TPSA) is 116 Å². The SMILES string of the molecule is Cc1cc(-c2nnn(C)c2COC(=O)NC(C)C2CCC2)ccc1O[C@H]1CCC[C@H](C(=O)O)C1. The van der Waals surface area contributed by atoms with Crippen molar-refractivity contribution < 1.29 is 24.2 Å². The van der Waals surface area contributed by atoms with E-state index in [9.17, 15) is 14.7 Å². The van der Waals surface area contributed by atoms with Gasteiger partial charge in [0.1, 0.15) is 23.7 Å². The molecule has 0 saturated heterocycles.